The van der Waals surface area contributed by atoms with Gasteiger partial charge in [0.2, 0.25) is 0 Å². The number of nitrogens with zero attached hydrogens (tertiary/aromatic N) is 2. The number of rotatable bonds is 5. The number of halogens is 1. The van der Waals surface area contributed by atoms with Gasteiger partial charge in [-0.3, -0.25) is 14.9 Å². The number of methoxy groups -OCH3 is 2. The van der Waals surface area contributed by atoms with Crippen LogP contribution in [0.4, 0.5) is 11.4 Å². The Hall–Kier alpha value is -2.87. The molecule has 2 rings (SSSR count). The molecule has 0 fully saturated rings. The molecular formula is C14H12ClN3O5. The van der Waals surface area contributed by atoms with Gasteiger partial charge in [0.25, 0.3) is 11.6 Å². The van der Waals surface area contributed by atoms with Gasteiger partial charge in [-0.2, -0.15) is 0 Å². The second kappa shape index (κ2) is 6.93. The Labute approximate surface area is 136 Å². The fourth-order valence-electron chi connectivity index (χ4n) is 1.82. The van der Waals surface area contributed by atoms with Gasteiger partial charge in [-0.1, -0.05) is 11.6 Å². The van der Waals surface area contributed by atoms with Crippen molar-refractivity contribution in [2.75, 3.05) is 19.5 Å². The molecule has 0 aliphatic rings. The van der Waals surface area contributed by atoms with Gasteiger partial charge < -0.3 is 14.8 Å². The van der Waals surface area contributed by atoms with E-state index in [9.17, 15) is 14.9 Å². The Kier molecular flexibility index (Phi) is 4.97. The van der Waals surface area contributed by atoms with Crippen LogP contribution in [0, 0.1) is 10.1 Å². The lowest BCUT2D eigenvalue weighted by Crippen LogP contribution is -2.13. The summed E-state index contributed by atoms with van der Waals surface area (Å²) in [4.78, 5) is 26.5. The highest BCUT2D eigenvalue weighted by atomic mass is 35.5. The van der Waals surface area contributed by atoms with E-state index < -0.39 is 10.8 Å². The number of aromatic nitrogens is 1. The van der Waals surface area contributed by atoms with Crippen molar-refractivity contribution in [3.8, 4) is 11.5 Å². The van der Waals surface area contributed by atoms with Crippen molar-refractivity contribution in [3.05, 3.63) is 51.3 Å². The van der Waals surface area contributed by atoms with E-state index in [1.807, 2.05) is 0 Å². The lowest BCUT2D eigenvalue weighted by Gasteiger charge is -2.11. The van der Waals surface area contributed by atoms with Gasteiger partial charge in [-0.15, -0.1) is 0 Å². The van der Waals surface area contributed by atoms with Gasteiger partial charge in [0.05, 0.1) is 30.8 Å². The molecule has 0 atom stereocenters. The number of anilines is 1. The molecule has 1 heterocycles. The fraction of sp³-hybridized carbons (Fsp3) is 0.143. The number of nitro benzene ring substituents is 1. The number of carbonyl (C=O) groups excluding carboxylic acids is 1. The van der Waals surface area contributed by atoms with Crippen molar-refractivity contribution in [1.82, 2.24) is 4.98 Å². The lowest BCUT2D eigenvalue weighted by atomic mass is 10.2. The standard InChI is InChI=1S/C14H12ClN3O5/c1-22-11-5-9(10(18(20)21)6-12(11)23-2)17-14(19)8-3-4-13(15)16-7-8/h3-7H,1-2H3,(H,17,19). The second-order valence-corrected chi connectivity index (χ2v) is 4.69. The molecule has 0 saturated carbocycles. The van der Waals surface area contributed by atoms with Crippen LogP contribution in [0.2, 0.25) is 5.15 Å². The minimum Gasteiger partial charge on any atom is -0.493 e. The van der Waals surface area contributed by atoms with E-state index in [-0.39, 0.29) is 33.6 Å². The van der Waals surface area contributed by atoms with Crippen LogP contribution in [-0.4, -0.2) is 30.0 Å². The Balaban J connectivity index is 2.39. The molecule has 0 unspecified atom stereocenters. The highest BCUT2D eigenvalue weighted by Gasteiger charge is 2.21. The molecule has 0 spiro atoms. The Morgan fingerprint density at radius 2 is 1.91 bits per heavy atom. The molecule has 120 valence electrons. The summed E-state index contributed by atoms with van der Waals surface area (Å²) in [5.74, 6) is -0.127. The molecule has 0 radical (unpaired) electrons. The van der Waals surface area contributed by atoms with E-state index in [4.69, 9.17) is 21.1 Å². The van der Waals surface area contributed by atoms with E-state index in [0.29, 0.717) is 0 Å². The predicted octanol–water partition coefficient (Wildman–Crippen LogP) is 2.91. The third kappa shape index (κ3) is 3.67. The zero-order valence-electron chi connectivity index (χ0n) is 12.2. The molecule has 1 amide bonds. The van der Waals surface area contributed by atoms with Crippen molar-refractivity contribution in [2.45, 2.75) is 0 Å². The normalized spacial score (nSPS) is 10.0. The van der Waals surface area contributed by atoms with E-state index >= 15 is 0 Å². The zero-order chi connectivity index (χ0) is 17.0. The number of pyridine rings is 1. The fourth-order valence-corrected chi connectivity index (χ4v) is 1.94. The molecule has 0 aliphatic heterocycles. The van der Waals surface area contributed by atoms with Crippen molar-refractivity contribution in [2.24, 2.45) is 0 Å². The summed E-state index contributed by atoms with van der Waals surface area (Å²) < 4.78 is 10.1. The summed E-state index contributed by atoms with van der Waals surface area (Å²) in [5, 5.41) is 13.9. The van der Waals surface area contributed by atoms with Crippen LogP contribution in [0.5, 0.6) is 11.5 Å². The average molecular weight is 338 g/mol. The monoisotopic (exact) mass is 337 g/mol. The molecule has 8 nitrogen and oxygen atoms in total. The van der Waals surface area contributed by atoms with Crippen LogP contribution in [0.1, 0.15) is 10.4 Å². The van der Waals surface area contributed by atoms with Crippen LogP contribution < -0.4 is 14.8 Å². The van der Waals surface area contributed by atoms with Gasteiger partial charge >= 0.3 is 0 Å². The molecule has 0 aliphatic carbocycles. The first-order valence-electron chi connectivity index (χ1n) is 6.29. The SMILES string of the molecule is COc1cc(NC(=O)c2ccc(Cl)nc2)c([N+](=O)[O-])cc1OC. The number of ether oxygens (including phenoxy) is 2. The summed E-state index contributed by atoms with van der Waals surface area (Å²) in [6.07, 6.45) is 1.27. The van der Waals surface area contributed by atoms with Crippen LogP contribution in [0.3, 0.4) is 0 Å². The Bertz CT molecular complexity index is 749. The number of benzene rings is 1. The minimum atomic E-state index is -0.627. The van der Waals surface area contributed by atoms with Crippen LogP contribution in [-0.2, 0) is 0 Å². The Morgan fingerprint density at radius 1 is 1.26 bits per heavy atom. The number of amides is 1. The third-order valence-corrected chi connectivity index (χ3v) is 3.16. The van der Waals surface area contributed by atoms with Crippen LogP contribution >= 0.6 is 11.6 Å². The number of carbonyl (C=O) groups is 1. The predicted molar refractivity (Wildman–Crippen MR) is 83.4 cm³/mol. The third-order valence-electron chi connectivity index (χ3n) is 2.94. The number of hydrogen-bond donors (Lipinski definition) is 1. The maximum atomic E-state index is 12.2. The molecular weight excluding hydrogens is 326 g/mol. The topological polar surface area (TPSA) is 104 Å². The highest BCUT2D eigenvalue weighted by Crippen LogP contribution is 2.37. The van der Waals surface area contributed by atoms with E-state index in [1.54, 1.807) is 0 Å². The molecule has 1 N–H and O–H groups in total. The first-order valence-corrected chi connectivity index (χ1v) is 6.67. The van der Waals surface area contributed by atoms with Crippen LogP contribution in [0.15, 0.2) is 30.5 Å². The summed E-state index contributed by atoms with van der Waals surface area (Å²) in [6, 6.07) is 5.39. The van der Waals surface area contributed by atoms with Gasteiger partial charge in [-0.05, 0) is 12.1 Å². The maximum Gasteiger partial charge on any atom is 0.296 e. The van der Waals surface area contributed by atoms with Gasteiger partial charge in [0.15, 0.2) is 11.5 Å². The highest BCUT2D eigenvalue weighted by molar-refractivity contribution is 6.29. The number of nitrogens with one attached hydrogen (secondary N) is 1. The molecule has 0 saturated heterocycles. The largest absolute Gasteiger partial charge is 0.493 e. The van der Waals surface area contributed by atoms with E-state index in [2.05, 4.69) is 10.3 Å². The van der Waals surface area contributed by atoms with Gasteiger partial charge in [0, 0.05) is 12.3 Å². The average Bonchev–Trinajstić information content (AvgIpc) is 2.54. The molecule has 9 heteroatoms. The van der Waals surface area contributed by atoms with Crippen molar-refractivity contribution >= 4 is 28.9 Å². The van der Waals surface area contributed by atoms with Gasteiger partial charge in [-0.25, -0.2) is 4.98 Å². The summed E-state index contributed by atoms with van der Waals surface area (Å²) in [5.41, 5.74) is -0.135. The first kappa shape index (κ1) is 16.5. The van der Waals surface area contributed by atoms with Crippen molar-refractivity contribution < 1.29 is 19.2 Å². The summed E-state index contributed by atoms with van der Waals surface area (Å²) in [6.45, 7) is 0. The number of nitro groups is 1. The van der Waals surface area contributed by atoms with Crippen molar-refractivity contribution in [1.29, 1.82) is 0 Å². The molecule has 2 aromatic rings. The molecule has 1 aromatic carbocycles. The summed E-state index contributed by atoms with van der Waals surface area (Å²) >= 11 is 5.65. The number of hydrogen-bond acceptors (Lipinski definition) is 6. The van der Waals surface area contributed by atoms with E-state index in [0.717, 1.165) is 0 Å². The summed E-state index contributed by atoms with van der Waals surface area (Å²) in [7, 11) is 2.75. The molecule has 23 heavy (non-hydrogen) atoms. The first-order chi connectivity index (χ1) is 11.0. The van der Waals surface area contributed by atoms with E-state index in [1.165, 1.54) is 44.7 Å². The van der Waals surface area contributed by atoms with Gasteiger partial charge in [0.1, 0.15) is 10.8 Å². The van der Waals surface area contributed by atoms with Crippen LogP contribution in [0.25, 0.3) is 0 Å². The maximum absolute atomic E-state index is 12.2. The quantitative estimate of drug-likeness (QED) is 0.511. The second-order valence-electron chi connectivity index (χ2n) is 4.31. The minimum absolute atomic E-state index is 0.0207. The molecule has 1 aromatic heterocycles. The zero-order valence-corrected chi connectivity index (χ0v) is 13.0. The Morgan fingerprint density at radius 3 is 2.43 bits per heavy atom. The van der Waals surface area contributed by atoms with Crippen molar-refractivity contribution in [3.63, 3.8) is 0 Å². The smallest absolute Gasteiger partial charge is 0.296 e. The molecule has 0 bridgehead atoms. The lowest BCUT2D eigenvalue weighted by molar-refractivity contribution is -0.384.